The standard InChI is InChI=1S/C25H20N2O3/c28-22(15-27-14-6-8-16-7-1-4-13-21(16)27)26-20-12-5-11-19-23(20)25(30)18-10-3-2-9-17(18)24(19)29/h1-5,7,9-13H,6,8,14-15H2,(H,26,28). The average Bonchev–Trinajstić information content (AvgIpc) is 2.77. The number of hydrogen-bond donors (Lipinski definition) is 1. The van der Waals surface area contributed by atoms with Crippen molar-refractivity contribution in [3.63, 3.8) is 0 Å². The van der Waals surface area contributed by atoms with E-state index in [9.17, 15) is 14.4 Å². The lowest BCUT2D eigenvalue weighted by Crippen LogP contribution is -2.37. The maximum Gasteiger partial charge on any atom is 0.243 e. The van der Waals surface area contributed by atoms with Crippen LogP contribution in [0.4, 0.5) is 11.4 Å². The number of carbonyl (C=O) groups excluding carboxylic acids is 3. The summed E-state index contributed by atoms with van der Waals surface area (Å²) in [6.07, 6.45) is 2.01. The van der Waals surface area contributed by atoms with Crippen molar-refractivity contribution in [3.05, 3.63) is 94.5 Å². The molecule has 0 aromatic heterocycles. The predicted molar refractivity (Wildman–Crippen MR) is 115 cm³/mol. The van der Waals surface area contributed by atoms with E-state index in [4.69, 9.17) is 0 Å². The molecule has 0 spiro atoms. The molecule has 0 saturated carbocycles. The van der Waals surface area contributed by atoms with Gasteiger partial charge in [-0.2, -0.15) is 0 Å². The van der Waals surface area contributed by atoms with Gasteiger partial charge < -0.3 is 10.2 Å². The van der Waals surface area contributed by atoms with Gasteiger partial charge in [-0.25, -0.2) is 0 Å². The minimum absolute atomic E-state index is 0.193. The molecule has 0 atom stereocenters. The Balaban J connectivity index is 1.43. The molecular formula is C25H20N2O3. The molecule has 0 saturated heterocycles. The van der Waals surface area contributed by atoms with Crippen molar-refractivity contribution in [2.75, 3.05) is 23.3 Å². The summed E-state index contributed by atoms with van der Waals surface area (Å²) in [7, 11) is 0. The van der Waals surface area contributed by atoms with Crippen molar-refractivity contribution in [3.8, 4) is 0 Å². The molecule has 3 aromatic carbocycles. The Morgan fingerprint density at radius 1 is 0.833 bits per heavy atom. The molecule has 0 radical (unpaired) electrons. The first-order valence-corrected chi connectivity index (χ1v) is 10.1. The van der Waals surface area contributed by atoms with Gasteiger partial charge in [-0.05, 0) is 30.5 Å². The summed E-state index contributed by atoms with van der Waals surface area (Å²) in [6.45, 7) is 1.00. The molecule has 2 aliphatic rings. The van der Waals surface area contributed by atoms with Crippen LogP contribution < -0.4 is 10.2 Å². The lowest BCUT2D eigenvalue weighted by atomic mass is 9.83. The van der Waals surface area contributed by atoms with Crippen molar-refractivity contribution in [1.29, 1.82) is 0 Å². The molecule has 148 valence electrons. The summed E-state index contributed by atoms with van der Waals surface area (Å²) in [5, 5.41) is 2.88. The fraction of sp³-hybridized carbons (Fsp3) is 0.160. The summed E-state index contributed by atoms with van der Waals surface area (Å²) in [5.41, 5.74) is 4.09. The highest BCUT2D eigenvalue weighted by Gasteiger charge is 2.31. The second kappa shape index (κ2) is 7.26. The Hall–Kier alpha value is -3.73. The van der Waals surface area contributed by atoms with Gasteiger partial charge in [0.1, 0.15) is 0 Å². The van der Waals surface area contributed by atoms with E-state index in [-0.39, 0.29) is 29.6 Å². The van der Waals surface area contributed by atoms with Crippen LogP contribution in [0, 0.1) is 0 Å². The number of aryl methyl sites for hydroxylation is 1. The normalized spacial score (nSPS) is 14.6. The third-order valence-corrected chi connectivity index (χ3v) is 5.77. The summed E-state index contributed by atoms with van der Waals surface area (Å²) in [5.74, 6) is -0.639. The highest BCUT2D eigenvalue weighted by Crippen LogP contribution is 2.32. The number of anilines is 2. The monoisotopic (exact) mass is 396 g/mol. The molecule has 1 aliphatic heterocycles. The smallest absolute Gasteiger partial charge is 0.243 e. The maximum atomic E-state index is 13.1. The van der Waals surface area contributed by atoms with Crippen LogP contribution in [0.1, 0.15) is 43.8 Å². The third-order valence-electron chi connectivity index (χ3n) is 5.77. The Morgan fingerprint density at radius 3 is 2.37 bits per heavy atom. The van der Waals surface area contributed by atoms with E-state index in [1.165, 1.54) is 5.56 Å². The van der Waals surface area contributed by atoms with Crippen LogP contribution in [0.25, 0.3) is 0 Å². The van der Waals surface area contributed by atoms with Gasteiger partial charge >= 0.3 is 0 Å². The number of carbonyl (C=O) groups is 3. The van der Waals surface area contributed by atoms with E-state index in [0.29, 0.717) is 22.4 Å². The predicted octanol–water partition coefficient (Wildman–Crippen LogP) is 3.85. The molecule has 1 amide bonds. The van der Waals surface area contributed by atoms with E-state index in [0.717, 1.165) is 25.1 Å². The minimum Gasteiger partial charge on any atom is -0.362 e. The van der Waals surface area contributed by atoms with Crippen molar-refractivity contribution < 1.29 is 14.4 Å². The molecular weight excluding hydrogens is 376 g/mol. The highest BCUT2D eigenvalue weighted by atomic mass is 16.2. The number of ketones is 2. The Labute approximate surface area is 174 Å². The van der Waals surface area contributed by atoms with Gasteiger partial charge in [-0.3, -0.25) is 14.4 Å². The summed E-state index contributed by atoms with van der Waals surface area (Å²) < 4.78 is 0. The van der Waals surface area contributed by atoms with Crippen LogP contribution in [-0.2, 0) is 11.2 Å². The first-order chi connectivity index (χ1) is 14.6. The zero-order chi connectivity index (χ0) is 20.7. The Morgan fingerprint density at radius 2 is 1.53 bits per heavy atom. The van der Waals surface area contributed by atoms with Gasteiger partial charge in [-0.15, -0.1) is 0 Å². The molecule has 1 heterocycles. The van der Waals surface area contributed by atoms with Crippen molar-refractivity contribution in [2.24, 2.45) is 0 Å². The molecule has 0 bridgehead atoms. The molecule has 0 fully saturated rings. The van der Waals surface area contributed by atoms with Gasteiger partial charge in [0, 0.05) is 28.9 Å². The number of amides is 1. The number of fused-ring (bicyclic) bond motifs is 3. The number of nitrogens with zero attached hydrogens (tertiary/aromatic N) is 1. The Kier molecular flexibility index (Phi) is 4.43. The zero-order valence-corrected chi connectivity index (χ0v) is 16.4. The summed E-state index contributed by atoms with van der Waals surface area (Å²) in [6, 6.07) is 19.9. The first kappa shape index (κ1) is 18.3. The van der Waals surface area contributed by atoms with Crippen LogP contribution in [0.2, 0.25) is 0 Å². The number of rotatable bonds is 3. The molecule has 5 nitrogen and oxygen atoms in total. The second-order valence-electron chi connectivity index (χ2n) is 7.63. The molecule has 1 N–H and O–H groups in total. The molecule has 1 aliphatic carbocycles. The van der Waals surface area contributed by atoms with Gasteiger partial charge in [0.15, 0.2) is 11.6 Å². The third kappa shape index (κ3) is 2.99. The summed E-state index contributed by atoms with van der Waals surface area (Å²) in [4.78, 5) is 40.9. The molecule has 0 unspecified atom stereocenters. The topological polar surface area (TPSA) is 66.5 Å². The zero-order valence-electron chi connectivity index (χ0n) is 16.4. The van der Waals surface area contributed by atoms with Crippen molar-refractivity contribution in [2.45, 2.75) is 12.8 Å². The number of benzene rings is 3. The highest BCUT2D eigenvalue weighted by molar-refractivity contribution is 6.30. The largest absolute Gasteiger partial charge is 0.362 e. The fourth-order valence-corrected chi connectivity index (χ4v) is 4.39. The molecule has 30 heavy (non-hydrogen) atoms. The van der Waals surface area contributed by atoms with E-state index >= 15 is 0 Å². The first-order valence-electron chi connectivity index (χ1n) is 10.1. The van der Waals surface area contributed by atoms with Gasteiger partial charge in [0.25, 0.3) is 0 Å². The van der Waals surface area contributed by atoms with Crippen LogP contribution >= 0.6 is 0 Å². The van der Waals surface area contributed by atoms with E-state index in [1.54, 1.807) is 42.5 Å². The van der Waals surface area contributed by atoms with Crippen LogP contribution in [-0.4, -0.2) is 30.6 Å². The Bertz CT molecular complexity index is 1200. The second-order valence-corrected chi connectivity index (χ2v) is 7.63. The molecule has 5 rings (SSSR count). The lowest BCUT2D eigenvalue weighted by molar-refractivity contribution is -0.115. The van der Waals surface area contributed by atoms with E-state index in [1.807, 2.05) is 18.2 Å². The van der Waals surface area contributed by atoms with Gasteiger partial charge in [-0.1, -0.05) is 54.6 Å². The maximum absolute atomic E-state index is 13.1. The minimum atomic E-state index is -0.237. The molecule has 5 heteroatoms. The SMILES string of the molecule is O=C(CN1CCCc2ccccc21)Nc1cccc2c1C(=O)c1ccccc1C2=O. The van der Waals surface area contributed by atoms with E-state index in [2.05, 4.69) is 16.3 Å². The van der Waals surface area contributed by atoms with E-state index < -0.39 is 0 Å². The molecule has 3 aromatic rings. The van der Waals surface area contributed by atoms with Gasteiger partial charge in [0.05, 0.1) is 17.8 Å². The van der Waals surface area contributed by atoms with Crippen molar-refractivity contribution >= 4 is 28.8 Å². The number of hydrogen-bond acceptors (Lipinski definition) is 4. The number of para-hydroxylation sites is 1. The lowest BCUT2D eigenvalue weighted by Gasteiger charge is -2.30. The summed E-state index contributed by atoms with van der Waals surface area (Å²) >= 11 is 0. The van der Waals surface area contributed by atoms with Crippen LogP contribution in [0.5, 0.6) is 0 Å². The number of nitrogens with one attached hydrogen (secondary N) is 1. The fourth-order valence-electron chi connectivity index (χ4n) is 4.39. The van der Waals surface area contributed by atoms with Gasteiger partial charge in [0.2, 0.25) is 5.91 Å². The quantitative estimate of drug-likeness (QED) is 0.571. The van der Waals surface area contributed by atoms with Crippen LogP contribution in [0.3, 0.4) is 0 Å². The average molecular weight is 396 g/mol. The van der Waals surface area contributed by atoms with Crippen molar-refractivity contribution in [1.82, 2.24) is 0 Å². The van der Waals surface area contributed by atoms with Crippen LogP contribution in [0.15, 0.2) is 66.7 Å².